The zero-order valence-electron chi connectivity index (χ0n) is 16.3. The lowest BCUT2D eigenvalue weighted by Crippen LogP contribution is -2.34. The quantitative estimate of drug-likeness (QED) is 0.312. The molecular formula is C21H20N4O5. The number of nitro groups is 1. The van der Waals surface area contributed by atoms with Gasteiger partial charge in [-0.25, -0.2) is 5.43 Å². The number of carbonyl (C=O) groups is 1. The van der Waals surface area contributed by atoms with Crippen molar-refractivity contribution in [3.63, 3.8) is 0 Å². The molecule has 0 radical (unpaired) electrons. The zero-order valence-corrected chi connectivity index (χ0v) is 16.3. The van der Waals surface area contributed by atoms with Gasteiger partial charge in [0.05, 0.1) is 24.3 Å². The van der Waals surface area contributed by atoms with E-state index < -0.39 is 28.3 Å². The van der Waals surface area contributed by atoms with Crippen LogP contribution >= 0.6 is 0 Å². The monoisotopic (exact) mass is 408 g/mol. The molecule has 0 saturated carbocycles. The Hall–Kier alpha value is -4.14. The highest BCUT2D eigenvalue weighted by Gasteiger charge is 2.19. The molecule has 154 valence electrons. The number of ether oxygens (including phenoxy) is 1. The van der Waals surface area contributed by atoms with Crippen LogP contribution in [-0.2, 0) is 4.79 Å². The SMILES string of the molecule is COc1cc(/C=N/NC(=O)C(C)Nc2ccc3ccccc3c2)c(O)c([N+](=O)[O-])c1. The van der Waals surface area contributed by atoms with E-state index in [2.05, 4.69) is 15.8 Å². The van der Waals surface area contributed by atoms with Crippen molar-refractivity contribution >= 4 is 34.3 Å². The number of nitrogens with zero attached hydrogens (tertiary/aromatic N) is 2. The van der Waals surface area contributed by atoms with Crippen molar-refractivity contribution in [2.45, 2.75) is 13.0 Å². The van der Waals surface area contributed by atoms with Crippen LogP contribution in [0.3, 0.4) is 0 Å². The third kappa shape index (κ3) is 4.64. The summed E-state index contributed by atoms with van der Waals surface area (Å²) in [5.74, 6) is -0.809. The molecule has 1 unspecified atom stereocenters. The topological polar surface area (TPSA) is 126 Å². The fourth-order valence-electron chi connectivity index (χ4n) is 2.83. The van der Waals surface area contributed by atoms with Crippen molar-refractivity contribution in [2.75, 3.05) is 12.4 Å². The fraction of sp³-hybridized carbons (Fsp3) is 0.143. The van der Waals surface area contributed by atoms with E-state index in [0.29, 0.717) is 0 Å². The van der Waals surface area contributed by atoms with Crippen LogP contribution in [0.15, 0.2) is 59.7 Å². The largest absolute Gasteiger partial charge is 0.502 e. The first-order valence-corrected chi connectivity index (χ1v) is 9.02. The molecule has 9 heteroatoms. The van der Waals surface area contributed by atoms with E-state index in [9.17, 15) is 20.0 Å². The molecule has 0 fully saturated rings. The molecule has 3 aromatic rings. The van der Waals surface area contributed by atoms with Crippen LogP contribution in [0.4, 0.5) is 11.4 Å². The number of carbonyl (C=O) groups excluding carboxylic acids is 1. The van der Waals surface area contributed by atoms with Gasteiger partial charge in [0.25, 0.3) is 5.91 Å². The lowest BCUT2D eigenvalue weighted by Gasteiger charge is -2.14. The number of methoxy groups -OCH3 is 1. The number of amides is 1. The molecule has 0 aliphatic heterocycles. The molecule has 0 heterocycles. The van der Waals surface area contributed by atoms with E-state index in [0.717, 1.165) is 28.7 Å². The maximum atomic E-state index is 12.3. The van der Waals surface area contributed by atoms with Gasteiger partial charge < -0.3 is 15.2 Å². The lowest BCUT2D eigenvalue weighted by molar-refractivity contribution is -0.385. The number of hydrogen-bond acceptors (Lipinski definition) is 7. The summed E-state index contributed by atoms with van der Waals surface area (Å²) in [4.78, 5) is 22.6. The molecule has 3 rings (SSSR count). The molecule has 0 aromatic heterocycles. The number of hydrazone groups is 1. The Labute approximate surface area is 172 Å². The van der Waals surface area contributed by atoms with Crippen LogP contribution in [0.2, 0.25) is 0 Å². The second-order valence-corrected chi connectivity index (χ2v) is 6.50. The Morgan fingerprint density at radius 3 is 2.63 bits per heavy atom. The summed E-state index contributed by atoms with van der Waals surface area (Å²) in [6.45, 7) is 1.67. The molecule has 0 saturated heterocycles. The van der Waals surface area contributed by atoms with Crippen molar-refractivity contribution in [1.82, 2.24) is 5.43 Å². The molecule has 0 spiro atoms. The molecule has 30 heavy (non-hydrogen) atoms. The van der Waals surface area contributed by atoms with Gasteiger partial charge in [-0.2, -0.15) is 5.10 Å². The highest BCUT2D eigenvalue weighted by atomic mass is 16.6. The summed E-state index contributed by atoms with van der Waals surface area (Å²) in [6.07, 6.45) is 1.12. The van der Waals surface area contributed by atoms with Gasteiger partial charge in [0, 0.05) is 11.3 Å². The van der Waals surface area contributed by atoms with Crippen LogP contribution in [0.5, 0.6) is 11.5 Å². The van der Waals surface area contributed by atoms with Gasteiger partial charge in [0.15, 0.2) is 0 Å². The van der Waals surface area contributed by atoms with Gasteiger partial charge >= 0.3 is 5.69 Å². The third-order valence-corrected chi connectivity index (χ3v) is 4.43. The second-order valence-electron chi connectivity index (χ2n) is 6.50. The minimum absolute atomic E-state index is 0.0384. The summed E-state index contributed by atoms with van der Waals surface area (Å²) in [7, 11) is 1.35. The maximum absolute atomic E-state index is 12.3. The van der Waals surface area contributed by atoms with E-state index in [4.69, 9.17) is 4.74 Å². The Morgan fingerprint density at radius 2 is 1.93 bits per heavy atom. The summed E-state index contributed by atoms with van der Waals surface area (Å²) < 4.78 is 4.99. The van der Waals surface area contributed by atoms with Crippen molar-refractivity contribution in [2.24, 2.45) is 5.10 Å². The number of fused-ring (bicyclic) bond motifs is 1. The highest BCUT2D eigenvalue weighted by molar-refractivity contribution is 5.90. The molecule has 1 amide bonds. The van der Waals surface area contributed by atoms with Crippen molar-refractivity contribution < 1.29 is 19.6 Å². The molecule has 0 aliphatic rings. The normalized spacial score (nSPS) is 11.9. The Kier molecular flexibility index (Phi) is 6.11. The van der Waals surface area contributed by atoms with Gasteiger partial charge in [-0.1, -0.05) is 30.3 Å². The van der Waals surface area contributed by atoms with Crippen LogP contribution in [0, 0.1) is 10.1 Å². The van der Waals surface area contributed by atoms with Crippen molar-refractivity contribution in [1.29, 1.82) is 0 Å². The Morgan fingerprint density at radius 1 is 1.20 bits per heavy atom. The lowest BCUT2D eigenvalue weighted by atomic mass is 10.1. The van der Waals surface area contributed by atoms with Crippen LogP contribution in [0.1, 0.15) is 12.5 Å². The number of benzene rings is 3. The first-order valence-electron chi connectivity index (χ1n) is 9.02. The number of rotatable bonds is 7. The first-order chi connectivity index (χ1) is 14.4. The molecule has 1 atom stereocenters. The molecule has 0 bridgehead atoms. The van der Waals surface area contributed by atoms with E-state index >= 15 is 0 Å². The summed E-state index contributed by atoms with van der Waals surface area (Å²) in [5, 5.41) is 30.1. The zero-order chi connectivity index (χ0) is 21.7. The second kappa shape index (κ2) is 8.91. The van der Waals surface area contributed by atoms with Gasteiger partial charge in [-0.05, 0) is 35.9 Å². The molecule has 0 aliphatic carbocycles. The molecule has 9 nitrogen and oxygen atoms in total. The number of hydrogen-bond donors (Lipinski definition) is 3. The van der Waals surface area contributed by atoms with Crippen LogP contribution in [-0.4, -0.2) is 35.3 Å². The number of phenolic OH excluding ortho intramolecular Hbond substituents is 1. The smallest absolute Gasteiger partial charge is 0.315 e. The van der Waals surface area contributed by atoms with E-state index in [1.54, 1.807) is 6.92 Å². The molecule has 3 N–H and O–H groups in total. The Bertz CT molecular complexity index is 1130. The molecular weight excluding hydrogens is 388 g/mol. The number of nitrogens with one attached hydrogen (secondary N) is 2. The maximum Gasteiger partial charge on any atom is 0.315 e. The first kappa shape index (κ1) is 20.6. The van der Waals surface area contributed by atoms with Gasteiger partial charge in [0.1, 0.15) is 11.8 Å². The van der Waals surface area contributed by atoms with Gasteiger partial charge in [-0.15, -0.1) is 0 Å². The van der Waals surface area contributed by atoms with Gasteiger partial charge in [0.2, 0.25) is 5.75 Å². The average Bonchev–Trinajstić information content (AvgIpc) is 2.74. The van der Waals surface area contributed by atoms with E-state index in [1.165, 1.54) is 13.2 Å². The van der Waals surface area contributed by atoms with Crippen LogP contribution in [0.25, 0.3) is 10.8 Å². The van der Waals surface area contributed by atoms with E-state index in [1.807, 2.05) is 42.5 Å². The fourth-order valence-corrected chi connectivity index (χ4v) is 2.83. The highest BCUT2D eigenvalue weighted by Crippen LogP contribution is 2.33. The number of anilines is 1. The predicted octanol–water partition coefficient (Wildman–Crippen LogP) is 3.41. The van der Waals surface area contributed by atoms with Crippen molar-refractivity contribution in [3.05, 3.63) is 70.3 Å². The van der Waals surface area contributed by atoms with Crippen LogP contribution < -0.4 is 15.5 Å². The third-order valence-electron chi connectivity index (χ3n) is 4.43. The average molecular weight is 408 g/mol. The Balaban J connectivity index is 1.67. The summed E-state index contributed by atoms with van der Waals surface area (Å²) >= 11 is 0. The summed E-state index contributed by atoms with van der Waals surface area (Å²) in [6, 6.07) is 15.5. The minimum atomic E-state index is -0.733. The summed E-state index contributed by atoms with van der Waals surface area (Å²) in [5.41, 5.74) is 2.65. The molecule has 3 aromatic carbocycles. The van der Waals surface area contributed by atoms with Gasteiger partial charge in [-0.3, -0.25) is 14.9 Å². The van der Waals surface area contributed by atoms with Crippen molar-refractivity contribution in [3.8, 4) is 11.5 Å². The standard InChI is InChI=1S/C21H20N4O5/c1-13(23-17-8-7-14-5-3-4-6-15(14)9-17)21(27)24-22-12-16-10-18(30-2)11-19(20(16)26)25(28)29/h3-13,23,26H,1-2H3,(H,24,27)/b22-12+. The number of aromatic hydroxyl groups is 1. The number of nitro benzene ring substituents is 1. The predicted molar refractivity (Wildman–Crippen MR) is 114 cm³/mol. The van der Waals surface area contributed by atoms with E-state index in [-0.39, 0.29) is 11.3 Å². The minimum Gasteiger partial charge on any atom is -0.502 e. The number of phenols is 1.